The summed E-state index contributed by atoms with van der Waals surface area (Å²) in [7, 11) is 0. The largest absolute Gasteiger partial charge is 0.481 e. The van der Waals surface area contributed by atoms with Gasteiger partial charge in [-0.25, -0.2) is 4.98 Å². The van der Waals surface area contributed by atoms with E-state index in [1.54, 1.807) is 17.1 Å². The molecular weight excluding hydrogens is 230 g/mol. The van der Waals surface area contributed by atoms with E-state index in [-0.39, 0.29) is 6.42 Å². The summed E-state index contributed by atoms with van der Waals surface area (Å²) in [6, 6.07) is 0. The van der Waals surface area contributed by atoms with Gasteiger partial charge in [0.2, 0.25) is 0 Å². The molecule has 0 saturated carbocycles. The summed E-state index contributed by atoms with van der Waals surface area (Å²) in [5.74, 6) is 0.0590. The summed E-state index contributed by atoms with van der Waals surface area (Å²) in [4.78, 5) is 14.6. The number of thioether (sulfide) groups is 1. The van der Waals surface area contributed by atoms with Crippen LogP contribution in [0.5, 0.6) is 0 Å². The van der Waals surface area contributed by atoms with Crippen LogP contribution in [0.25, 0.3) is 0 Å². The van der Waals surface area contributed by atoms with Crippen molar-refractivity contribution in [2.75, 3.05) is 5.75 Å². The topological polar surface area (TPSA) is 50.2 Å². The van der Waals surface area contributed by atoms with Gasteiger partial charge in [0.25, 0.3) is 0 Å². The Balaban J connectivity index is 2.46. The lowest BCUT2D eigenvalue weighted by atomic mass is 10.3. The normalized spacial score (nSPS) is 10.0. The van der Waals surface area contributed by atoms with Gasteiger partial charge in [-0.1, -0.05) is 23.4 Å². The second kappa shape index (κ2) is 5.92. The molecular formula is C10H13NO2S2. The minimum atomic E-state index is -0.832. The fourth-order valence-corrected chi connectivity index (χ4v) is 2.77. The zero-order chi connectivity index (χ0) is 11.3. The Morgan fingerprint density at radius 3 is 3.00 bits per heavy atom. The molecule has 0 spiro atoms. The summed E-state index contributed by atoms with van der Waals surface area (Å²) < 4.78 is 0.934. The van der Waals surface area contributed by atoms with Crippen molar-refractivity contribution < 1.29 is 9.90 Å². The number of aromatic nitrogens is 1. The quantitative estimate of drug-likeness (QED) is 0.638. The molecule has 0 atom stereocenters. The van der Waals surface area contributed by atoms with E-state index in [2.05, 4.69) is 24.9 Å². The van der Waals surface area contributed by atoms with Gasteiger partial charge in [-0.15, -0.1) is 11.3 Å². The van der Waals surface area contributed by atoms with Gasteiger partial charge in [0.05, 0.1) is 12.1 Å². The number of hydrogen-bond donors (Lipinski definition) is 1. The number of carbonyl (C=O) groups is 1. The number of thiazole rings is 1. The molecule has 0 fully saturated rings. The zero-order valence-corrected chi connectivity index (χ0v) is 10.3. The fraction of sp³-hybridized carbons (Fsp3) is 0.400. The first-order chi connectivity index (χ1) is 7.08. The van der Waals surface area contributed by atoms with Crippen molar-refractivity contribution in [1.29, 1.82) is 0 Å². The molecule has 0 saturated heterocycles. The van der Waals surface area contributed by atoms with E-state index in [0.717, 1.165) is 10.1 Å². The van der Waals surface area contributed by atoms with E-state index in [9.17, 15) is 4.79 Å². The minimum absolute atomic E-state index is 0.0136. The van der Waals surface area contributed by atoms with E-state index in [4.69, 9.17) is 5.11 Å². The zero-order valence-electron chi connectivity index (χ0n) is 8.69. The molecule has 0 bridgehead atoms. The molecule has 0 radical (unpaired) electrons. The van der Waals surface area contributed by atoms with Gasteiger partial charge in [-0.3, -0.25) is 4.79 Å². The number of aliphatic carboxylic acids is 1. The van der Waals surface area contributed by atoms with Gasteiger partial charge in [-0.05, 0) is 13.8 Å². The maximum atomic E-state index is 10.4. The number of allylic oxidation sites excluding steroid dienone is 1. The summed E-state index contributed by atoms with van der Waals surface area (Å²) >= 11 is 3.14. The van der Waals surface area contributed by atoms with Gasteiger partial charge in [0.1, 0.15) is 4.34 Å². The highest BCUT2D eigenvalue weighted by atomic mass is 32.2. The molecule has 1 heterocycles. The van der Waals surface area contributed by atoms with Crippen molar-refractivity contribution in [2.24, 2.45) is 0 Å². The second-order valence-electron chi connectivity index (χ2n) is 3.27. The Hall–Kier alpha value is -0.810. The molecule has 0 unspecified atom stereocenters. The van der Waals surface area contributed by atoms with Crippen LogP contribution < -0.4 is 0 Å². The summed E-state index contributed by atoms with van der Waals surface area (Å²) in [6.45, 7) is 4.11. The number of hydrogen-bond acceptors (Lipinski definition) is 4. The monoisotopic (exact) mass is 243 g/mol. The molecule has 5 heteroatoms. The average molecular weight is 243 g/mol. The lowest BCUT2D eigenvalue weighted by Crippen LogP contribution is -1.99. The molecule has 1 N–H and O–H groups in total. The summed E-state index contributed by atoms with van der Waals surface area (Å²) in [5, 5.41) is 10.4. The standard InChI is InChI=1S/C10H13NO2S2/c1-7(2)3-4-14-10-11-8(6-15-10)5-9(12)13/h3,6H,4-5H2,1-2H3,(H,12,13). The van der Waals surface area contributed by atoms with Crippen molar-refractivity contribution in [3.05, 3.63) is 22.7 Å². The van der Waals surface area contributed by atoms with Crippen LogP contribution in [0.1, 0.15) is 19.5 Å². The lowest BCUT2D eigenvalue weighted by molar-refractivity contribution is -0.136. The van der Waals surface area contributed by atoms with Gasteiger partial charge in [-0.2, -0.15) is 0 Å². The molecule has 0 aliphatic rings. The highest BCUT2D eigenvalue weighted by Crippen LogP contribution is 2.23. The van der Waals surface area contributed by atoms with Gasteiger partial charge in [0, 0.05) is 11.1 Å². The second-order valence-corrected chi connectivity index (χ2v) is 5.39. The third-order valence-electron chi connectivity index (χ3n) is 1.56. The van der Waals surface area contributed by atoms with Crippen LogP contribution in [-0.2, 0) is 11.2 Å². The van der Waals surface area contributed by atoms with E-state index in [1.165, 1.54) is 16.9 Å². The minimum Gasteiger partial charge on any atom is -0.481 e. The number of carboxylic acids is 1. The molecule has 0 aliphatic heterocycles. The van der Waals surface area contributed by atoms with Crippen LogP contribution in [0.2, 0.25) is 0 Å². The van der Waals surface area contributed by atoms with Crippen molar-refractivity contribution in [1.82, 2.24) is 4.98 Å². The smallest absolute Gasteiger partial charge is 0.309 e. The van der Waals surface area contributed by atoms with Crippen LogP contribution in [0.3, 0.4) is 0 Å². The van der Waals surface area contributed by atoms with E-state index >= 15 is 0 Å². The maximum absolute atomic E-state index is 10.4. The highest BCUT2D eigenvalue weighted by molar-refractivity contribution is 8.01. The van der Waals surface area contributed by atoms with Gasteiger partial charge in [0.15, 0.2) is 0 Å². The van der Waals surface area contributed by atoms with E-state index in [0.29, 0.717) is 5.69 Å². The van der Waals surface area contributed by atoms with E-state index < -0.39 is 5.97 Å². The third kappa shape index (κ3) is 4.99. The average Bonchev–Trinajstić information content (AvgIpc) is 2.50. The summed E-state index contributed by atoms with van der Waals surface area (Å²) in [6.07, 6.45) is 2.14. The molecule has 0 aliphatic carbocycles. The predicted octanol–water partition coefficient (Wildman–Crippen LogP) is 2.83. The predicted molar refractivity (Wildman–Crippen MR) is 63.6 cm³/mol. The molecule has 3 nitrogen and oxygen atoms in total. The first kappa shape index (κ1) is 12.3. The number of rotatable bonds is 5. The third-order valence-corrected chi connectivity index (χ3v) is 3.56. The fourth-order valence-electron chi connectivity index (χ4n) is 0.870. The number of carboxylic acid groups (broad SMARTS) is 1. The Bertz CT molecular complexity index is 367. The van der Waals surface area contributed by atoms with Crippen molar-refractivity contribution in [3.8, 4) is 0 Å². The van der Waals surface area contributed by atoms with Crippen molar-refractivity contribution in [2.45, 2.75) is 24.6 Å². The Morgan fingerprint density at radius 1 is 1.67 bits per heavy atom. The molecule has 0 aromatic carbocycles. The van der Waals surface area contributed by atoms with Crippen LogP contribution >= 0.6 is 23.1 Å². The molecule has 0 amide bonds. The van der Waals surface area contributed by atoms with Crippen molar-refractivity contribution in [3.63, 3.8) is 0 Å². The molecule has 1 aromatic rings. The molecule has 1 aromatic heterocycles. The van der Waals surface area contributed by atoms with Crippen LogP contribution in [0.4, 0.5) is 0 Å². The van der Waals surface area contributed by atoms with Crippen LogP contribution in [0.15, 0.2) is 21.4 Å². The van der Waals surface area contributed by atoms with E-state index in [1.807, 2.05) is 0 Å². The maximum Gasteiger partial charge on any atom is 0.309 e. The Labute approximate surface area is 97.2 Å². The SMILES string of the molecule is CC(C)=CCSc1nc(CC(=O)O)cs1. The first-order valence-corrected chi connectivity index (χ1v) is 6.37. The molecule has 15 heavy (non-hydrogen) atoms. The van der Waals surface area contributed by atoms with Crippen molar-refractivity contribution >= 4 is 29.1 Å². The van der Waals surface area contributed by atoms with Crippen LogP contribution in [-0.4, -0.2) is 21.8 Å². The Morgan fingerprint density at radius 2 is 2.40 bits per heavy atom. The van der Waals surface area contributed by atoms with Gasteiger partial charge >= 0.3 is 5.97 Å². The summed E-state index contributed by atoms with van der Waals surface area (Å²) in [5.41, 5.74) is 1.93. The Kier molecular flexibility index (Phi) is 4.84. The first-order valence-electron chi connectivity index (χ1n) is 4.50. The molecule has 1 rings (SSSR count). The lowest BCUT2D eigenvalue weighted by Gasteiger charge is -1.92. The molecule has 82 valence electrons. The van der Waals surface area contributed by atoms with Crippen LogP contribution in [0, 0.1) is 0 Å². The van der Waals surface area contributed by atoms with Gasteiger partial charge < -0.3 is 5.11 Å². The highest BCUT2D eigenvalue weighted by Gasteiger charge is 2.05. The number of nitrogens with zero attached hydrogens (tertiary/aromatic N) is 1.